The number of hydrogen-bond donors (Lipinski definition) is 1. The number of rotatable bonds is 3. The van der Waals surface area contributed by atoms with Crippen LogP contribution in [0.25, 0.3) is 0 Å². The number of amides is 1. The Morgan fingerprint density at radius 3 is 2.79 bits per heavy atom. The Bertz CT molecular complexity index is 262. The van der Waals surface area contributed by atoms with Crippen molar-refractivity contribution in [3.05, 3.63) is 11.6 Å². The highest BCUT2D eigenvalue weighted by molar-refractivity contribution is 7.13. The molecule has 0 aliphatic carbocycles. The molecule has 1 aromatic rings. The summed E-state index contributed by atoms with van der Waals surface area (Å²) in [7, 11) is 0. The van der Waals surface area contributed by atoms with Gasteiger partial charge in [0.2, 0.25) is 6.41 Å². The maximum absolute atomic E-state index is 9.82. The van der Waals surface area contributed by atoms with Crippen molar-refractivity contribution in [3.63, 3.8) is 0 Å². The van der Waals surface area contributed by atoms with Crippen LogP contribution in [-0.4, -0.2) is 24.0 Å². The number of ether oxygens (including phenoxy) is 1. The lowest BCUT2D eigenvalue weighted by molar-refractivity contribution is -0.140. The summed E-state index contributed by atoms with van der Waals surface area (Å²) in [5.74, 6) is -0.211. The molecule has 0 radical (unpaired) electrons. The Morgan fingerprint density at radius 2 is 2.50 bits per heavy atom. The van der Waals surface area contributed by atoms with Gasteiger partial charge < -0.3 is 10.1 Å². The molecule has 5 nitrogen and oxygen atoms in total. The van der Waals surface area contributed by atoms with Gasteiger partial charge in [0.15, 0.2) is 5.13 Å². The van der Waals surface area contributed by atoms with Gasteiger partial charge in [-0.1, -0.05) is 0 Å². The van der Waals surface area contributed by atoms with Crippen molar-refractivity contribution in [1.82, 2.24) is 4.98 Å². The van der Waals surface area contributed by atoms with E-state index in [-0.39, 0.29) is 5.97 Å². The second kappa shape index (κ2) is 8.18. The first-order valence-electron chi connectivity index (χ1n) is 3.93. The van der Waals surface area contributed by atoms with Crippen LogP contribution in [0.3, 0.4) is 0 Å². The smallest absolute Gasteiger partial charge is 0.302 e. The van der Waals surface area contributed by atoms with Gasteiger partial charge >= 0.3 is 5.97 Å². The summed E-state index contributed by atoms with van der Waals surface area (Å²) < 4.78 is 4.40. The zero-order chi connectivity index (χ0) is 10.8. The minimum atomic E-state index is -0.211. The summed E-state index contributed by atoms with van der Waals surface area (Å²) >= 11 is 1.39. The van der Waals surface area contributed by atoms with Crippen LogP contribution in [0.4, 0.5) is 5.13 Å². The van der Waals surface area contributed by atoms with Crippen molar-refractivity contribution >= 4 is 28.8 Å². The van der Waals surface area contributed by atoms with E-state index >= 15 is 0 Å². The Hall–Kier alpha value is -1.43. The third kappa shape index (κ3) is 7.23. The fourth-order valence-electron chi connectivity index (χ4n) is 0.548. The lowest BCUT2D eigenvalue weighted by Crippen LogP contribution is -1.95. The van der Waals surface area contributed by atoms with Gasteiger partial charge in [-0.3, -0.25) is 9.59 Å². The number of aromatic nitrogens is 1. The molecular weight excluding hydrogens is 204 g/mol. The van der Waals surface area contributed by atoms with E-state index in [0.717, 1.165) is 0 Å². The number of nitrogens with one attached hydrogen (secondary N) is 1. The quantitative estimate of drug-likeness (QED) is 0.610. The SMILES string of the molecule is CCOC(C)=O.O=CNc1nccs1. The molecule has 1 amide bonds. The first-order valence-corrected chi connectivity index (χ1v) is 4.81. The highest BCUT2D eigenvalue weighted by Gasteiger charge is 1.86. The molecule has 0 saturated carbocycles. The Kier molecular flexibility index (Phi) is 7.35. The molecule has 1 heterocycles. The first-order chi connectivity index (χ1) is 6.70. The van der Waals surface area contributed by atoms with E-state index in [0.29, 0.717) is 18.1 Å². The summed E-state index contributed by atoms with van der Waals surface area (Å²) in [6.45, 7) is 3.65. The van der Waals surface area contributed by atoms with E-state index < -0.39 is 0 Å². The van der Waals surface area contributed by atoms with E-state index in [2.05, 4.69) is 15.0 Å². The van der Waals surface area contributed by atoms with Crippen molar-refractivity contribution in [2.45, 2.75) is 13.8 Å². The van der Waals surface area contributed by atoms with Gasteiger partial charge in [-0.15, -0.1) is 11.3 Å². The number of carbonyl (C=O) groups excluding carboxylic acids is 2. The molecule has 0 bridgehead atoms. The normalized spacial score (nSPS) is 8.14. The molecule has 1 rings (SSSR count). The topological polar surface area (TPSA) is 68.3 Å². The lowest BCUT2D eigenvalue weighted by Gasteiger charge is -1.89. The van der Waals surface area contributed by atoms with Crippen molar-refractivity contribution in [1.29, 1.82) is 0 Å². The monoisotopic (exact) mass is 216 g/mol. The molecule has 0 atom stereocenters. The van der Waals surface area contributed by atoms with E-state index in [1.165, 1.54) is 18.3 Å². The lowest BCUT2D eigenvalue weighted by atomic mass is 10.8. The summed E-state index contributed by atoms with van der Waals surface area (Å²) in [6, 6.07) is 0. The molecule has 0 fully saturated rings. The van der Waals surface area contributed by atoms with E-state index in [1.54, 1.807) is 18.5 Å². The highest BCUT2D eigenvalue weighted by atomic mass is 32.1. The van der Waals surface area contributed by atoms with Gasteiger partial charge in [0, 0.05) is 18.5 Å². The third-order valence-electron chi connectivity index (χ3n) is 0.962. The van der Waals surface area contributed by atoms with Crippen molar-refractivity contribution in [2.75, 3.05) is 11.9 Å². The molecule has 0 aliphatic rings. The van der Waals surface area contributed by atoms with Crippen LogP contribution in [0.5, 0.6) is 0 Å². The molecule has 0 aromatic carbocycles. The second-order valence-corrected chi connectivity index (χ2v) is 2.92. The Morgan fingerprint density at radius 1 is 1.79 bits per heavy atom. The van der Waals surface area contributed by atoms with Gasteiger partial charge in [-0.05, 0) is 6.92 Å². The molecule has 0 saturated heterocycles. The van der Waals surface area contributed by atoms with Crippen LogP contribution < -0.4 is 5.32 Å². The number of carbonyl (C=O) groups is 2. The van der Waals surface area contributed by atoms with Crippen LogP contribution in [0, 0.1) is 0 Å². The number of thiazole rings is 1. The molecule has 0 spiro atoms. The first kappa shape index (κ1) is 12.6. The van der Waals surface area contributed by atoms with Gasteiger partial charge in [0.25, 0.3) is 0 Å². The van der Waals surface area contributed by atoms with Gasteiger partial charge in [0.1, 0.15) is 0 Å². The van der Waals surface area contributed by atoms with E-state index in [9.17, 15) is 9.59 Å². The number of esters is 1. The summed E-state index contributed by atoms with van der Waals surface area (Å²) in [6.07, 6.45) is 2.25. The third-order valence-corrected chi connectivity index (χ3v) is 1.67. The number of hydrogen-bond acceptors (Lipinski definition) is 5. The summed E-state index contributed by atoms with van der Waals surface area (Å²) in [5.41, 5.74) is 0. The second-order valence-electron chi connectivity index (χ2n) is 2.02. The molecule has 0 aliphatic heterocycles. The number of nitrogens with zero attached hydrogens (tertiary/aromatic N) is 1. The van der Waals surface area contributed by atoms with Crippen LogP contribution in [0.2, 0.25) is 0 Å². The maximum Gasteiger partial charge on any atom is 0.302 e. The maximum atomic E-state index is 9.82. The minimum Gasteiger partial charge on any atom is -0.466 e. The average molecular weight is 216 g/mol. The van der Waals surface area contributed by atoms with E-state index in [4.69, 9.17) is 0 Å². The van der Waals surface area contributed by atoms with Gasteiger partial charge in [-0.2, -0.15) is 0 Å². The molecule has 78 valence electrons. The highest BCUT2D eigenvalue weighted by Crippen LogP contribution is 2.07. The largest absolute Gasteiger partial charge is 0.466 e. The fraction of sp³-hybridized carbons (Fsp3) is 0.375. The predicted octanol–water partition coefficient (Wildman–Crippen LogP) is 1.28. The number of anilines is 1. The standard InChI is InChI=1S/C4H4N2OS.C4H8O2/c7-3-6-4-5-1-2-8-4;1-3-6-4(2)5/h1-3H,(H,5,6,7);3H2,1-2H3. The predicted molar refractivity (Wildman–Crippen MR) is 54.1 cm³/mol. The minimum absolute atomic E-state index is 0.211. The van der Waals surface area contributed by atoms with Crippen LogP contribution >= 0.6 is 11.3 Å². The molecule has 1 aromatic heterocycles. The summed E-state index contributed by atoms with van der Waals surface area (Å²) in [4.78, 5) is 23.3. The van der Waals surface area contributed by atoms with Crippen molar-refractivity contribution < 1.29 is 14.3 Å². The molecule has 6 heteroatoms. The zero-order valence-corrected chi connectivity index (χ0v) is 8.84. The van der Waals surface area contributed by atoms with Gasteiger partial charge in [0.05, 0.1) is 6.61 Å². The average Bonchev–Trinajstić information content (AvgIpc) is 2.58. The van der Waals surface area contributed by atoms with E-state index in [1.807, 2.05) is 0 Å². The van der Waals surface area contributed by atoms with Crippen LogP contribution in [0.15, 0.2) is 11.6 Å². The molecule has 0 unspecified atom stereocenters. The van der Waals surface area contributed by atoms with Crippen molar-refractivity contribution in [2.24, 2.45) is 0 Å². The zero-order valence-electron chi connectivity index (χ0n) is 8.02. The van der Waals surface area contributed by atoms with Crippen LogP contribution in [0.1, 0.15) is 13.8 Å². The Labute approximate surface area is 86.1 Å². The molecule has 14 heavy (non-hydrogen) atoms. The van der Waals surface area contributed by atoms with Crippen LogP contribution in [-0.2, 0) is 14.3 Å². The Balaban J connectivity index is 0.000000255. The summed E-state index contributed by atoms with van der Waals surface area (Å²) in [5, 5.41) is 4.85. The van der Waals surface area contributed by atoms with Crippen molar-refractivity contribution in [3.8, 4) is 0 Å². The molecular formula is C8H12N2O3S. The van der Waals surface area contributed by atoms with Gasteiger partial charge in [-0.25, -0.2) is 4.98 Å². The molecule has 1 N–H and O–H groups in total. The fourth-order valence-corrected chi connectivity index (χ4v) is 1.04.